The molecular formula is C15H16FN5O2S. The molecule has 0 saturated heterocycles. The topological polar surface area (TPSA) is 92.7 Å². The van der Waals surface area contributed by atoms with Crippen LogP contribution in [0, 0.1) is 19.7 Å². The molecule has 3 aromatic rings. The van der Waals surface area contributed by atoms with E-state index < -0.39 is 10.0 Å². The van der Waals surface area contributed by atoms with E-state index in [4.69, 9.17) is 0 Å². The summed E-state index contributed by atoms with van der Waals surface area (Å²) in [6.07, 6.45) is 2.89. The molecule has 2 N–H and O–H groups in total. The Bertz CT molecular complexity index is 958. The van der Waals surface area contributed by atoms with Crippen LogP contribution in [0.25, 0.3) is 0 Å². The summed E-state index contributed by atoms with van der Waals surface area (Å²) in [5, 5.41) is 10.6. The van der Waals surface area contributed by atoms with Gasteiger partial charge >= 0.3 is 0 Å². The third-order valence-electron chi connectivity index (χ3n) is 3.50. The molecule has 9 heteroatoms. The first kappa shape index (κ1) is 16.2. The highest BCUT2D eigenvalue weighted by molar-refractivity contribution is 7.92. The van der Waals surface area contributed by atoms with E-state index >= 15 is 0 Å². The second-order valence-electron chi connectivity index (χ2n) is 5.39. The highest BCUT2D eigenvalue weighted by atomic mass is 32.2. The summed E-state index contributed by atoms with van der Waals surface area (Å²) in [7, 11) is -3.77. The van der Waals surface area contributed by atoms with E-state index in [1.54, 1.807) is 32.0 Å². The fraction of sp³-hybridized carbons (Fsp3) is 0.200. The summed E-state index contributed by atoms with van der Waals surface area (Å²) < 4.78 is 42.5. The number of sulfonamides is 1. The number of H-pyrrole nitrogens is 1. The van der Waals surface area contributed by atoms with E-state index in [1.807, 2.05) is 0 Å². The number of anilines is 1. The smallest absolute Gasteiger partial charge is 0.265 e. The first-order valence-electron chi connectivity index (χ1n) is 7.17. The maximum absolute atomic E-state index is 13.7. The average molecular weight is 349 g/mol. The Morgan fingerprint density at radius 1 is 1.29 bits per heavy atom. The lowest BCUT2D eigenvalue weighted by Crippen LogP contribution is -2.14. The molecule has 24 heavy (non-hydrogen) atoms. The molecule has 0 spiro atoms. The number of aryl methyl sites for hydroxylation is 2. The zero-order chi connectivity index (χ0) is 17.3. The molecule has 0 fully saturated rings. The molecule has 2 heterocycles. The number of benzene rings is 1. The number of halogens is 1. The van der Waals surface area contributed by atoms with Crippen LogP contribution in [0.2, 0.25) is 0 Å². The van der Waals surface area contributed by atoms with Crippen LogP contribution in [0.5, 0.6) is 0 Å². The van der Waals surface area contributed by atoms with E-state index in [0.717, 1.165) is 0 Å². The summed E-state index contributed by atoms with van der Waals surface area (Å²) in [5.74, 6) is -0.334. The van der Waals surface area contributed by atoms with Crippen molar-refractivity contribution in [3.63, 3.8) is 0 Å². The van der Waals surface area contributed by atoms with Crippen molar-refractivity contribution in [1.29, 1.82) is 0 Å². The van der Waals surface area contributed by atoms with Crippen LogP contribution in [0.4, 0.5) is 10.1 Å². The van der Waals surface area contributed by atoms with Gasteiger partial charge in [0.1, 0.15) is 10.7 Å². The van der Waals surface area contributed by atoms with Crippen LogP contribution in [0.1, 0.15) is 17.0 Å². The fourth-order valence-corrected chi connectivity index (χ4v) is 3.85. The number of rotatable bonds is 5. The Balaban J connectivity index is 1.80. The number of hydrogen-bond donors (Lipinski definition) is 2. The van der Waals surface area contributed by atoms with E-state index in [9.17, 15) is 12.8 Å². The van der Waals surface area contributed by atoms with Crippen LogP contribution in [-0.4, -0.2) is 28.4 Å². The van der Waals surface area contributed by atoms with E-state index in [-0.39, 0.29) is 17.3 Å². The molecule has 0 aliphatic carbocycles. The average Bonchev–Trinajstić information content (AvgIpc) is 3.08. The van der Waals surface area contributed by atoms with Crippen molar-refractivity contribution in [2.45, 2.75) is 25.3 Å². The molecule has 1 aromatic carbocycles. The minimum atomic E-state index is -3.77. The fourth-order valence-electron chi connectivity index (χ4n) is 2.45. The van der Waals surface area contributed by atoms with Gasteiger partial charge in [0.25, 0.3) is 10.0 Å². The maximum Gasteiger partial charge on any atom is 0.265 e. The third-order valence-corrected chi connectivity index (χ3v) is 5.15. The van der Waals surface area contributed by atoms with E-state index in [2.05, 4.69) is 20.0 Å². The second kappa shape index (κ2) is 6.08. The van der Waals surface area contributed by atoms with Gasteiger partial charge in [-0.1, -0.05) is 18.2 Å². The van der Waals surface area contributed by atoms with Crippen LogP contribution < -0.4 is 4.72 Å². The molecule has 0 aliphatic heterocycles. The number of nitrogens with one attached hydrogen (secondary N) is 2. The quantitative estimate of drug-likeness (QED) is 0.739. The van der Waals surface area contributed by atoms with Crippen molar-refractivity contribution >= 4 is 15.7 Å². The predicted molar refractivity (Wildman–Crippen MR) is 86.6 cm³/mol. The number of aromatic amines is 1. The van der Waals surface area contributed by atoms with Gasteiger partial charge in [0.2, 0.25) is 0 Å². The zero-order valence-electron chi connectivity index (χ0n) is 13.1. The van der Waals surface area contributed by atoms with Gasteiger partial charge < -0.3 is 0 Å². The predicted octanol–water partition coefficient (Wildman–Crippen LogP) is 2.21. The number of nitrogens with zero attached hydrogens (tertiary/aromatic N) is 3. The molecule has 0 atom stereocenters. The summed E-state index contributed by atoms with van der Waals surface area (Å²) in [4.78, 5) is 0.115. The van der Waals surface area contributed by atoms with Gasteiger partial charge in [-0.25, -0.2) is 12.8 Å². The second-order valence-corrected chi connectivity index (χ2v) is 7.01. The monoisotopic (exact) mass is 349 g/mol. The molecule has 7 nitrogen and oxygen atoms in total. The molecule has 126 valence electrons. The lowest BCUT2D eigenvalue weighted by Gasteiger charge is -2.06. The summed E-state index contributed by atoms with van der Waals surface area (Å²) in [5.41, 5.74) is 1.61. The summed E-state index contributed by atoms with van der Waals surface area (Å²) in [6, 6.07) is 6.36. The molecule has 3 rings (SSSR count). The van der Waals surface area contributed by atoms with Gasteiger partial charge in [-0.3, -0.25) is 14.5 Å². The van der Waals surface area contributed by atoms with Gasteiger partial charge in [0.05, 0.1) is 29.8 Å². The lowest BCUT2D eigenvalue weighted by molar-refractivity contribution is 0.585. The van der Waals surface area contributed by atoms with Crippen molar-refractivity contribution in [3.05, 3.63) is 59.4 Å². The van der Waals surface area contributed by atoms with Gasteiger partial charge in [-0.2, -0.15) is 10.2 Å². The normalized spacial score (nSPS) is 11.6. The highest BCUT2D eigenvalue weighted by Crippen LogP contribution is 2.20. The van der Waals surface area contributed by atoms with Crippen molar-refractivity contribution in [2.75, 3.05) is 4.72 Å². The molecule has 0 saturated carbocycles. The molecular weight excluding hydrogens is 333 g/mol. The van der Waals surface area contributed by atoms with Crippen molar-refractivity contribution < 1.29 is 12.8 Å². The molecule has 2 aromatic heterocycles. The minimum absolute atomic E-state index is 0.115. The molecule has 0 aliphatic rings. The van der Waals surface area contributed by atoms with Crippen molar-refractivity contribution in [1.82, 2.24) is 20.0 Å². The van der Waals surface area contributed by atoms with Crippen molar-refractivity contribution in [2.24, 2.45) is 0 Å². The Morgan fingerprint density at radius 3 is 2.71 bits per heavy atom. The largest absolute Gasteiger partial charge is 0.281 e. The van der Waals surface area contributed by atoms with Crippen LogP contribution in [-0.2, 0) is 16.6 Å². The minimum Gasteiger partial charge on any atom is -0.281 e. The number of hydrogen-bond acceptors (Lipinski definition) is 4. The van der Waals surface area contributed by atoms with Gasteiger partial charge in [0, 0.05) is 11.8 Å². The van der Waals surface area contributed by atoms with E-state index in [0.29, 0.717) is 22.6 Å². The van der Waals surface area contributed by atoms with Gasteiger partial charge in [-0.15, -0.1) is 0 Å². The first-order valence-corrected chi connectivity index (χ1v) is 8.65. The van der Waals surface area contributed by atoms with Crippen LogP contribution in [0.3, 0.4) is 0 Å². The maximum atomic E-state index is 13.7. The van der Waals surface area contributed by atoms with Gasteiger partial charge in [-0.05, 0) is 19.9 Å². The third kappa shape index (κ3) is 3.16. The number of aromatic nitrogens is 4. The zero-order valence-corrected chi connectivity index (χ0v) is 13.9. The Labute approximate surface area is 138 Å². The molecule has 0 bridgehead atoms. The molecule has 0 amide bonds. The standard InChI is InChI=1S/C15H16FN5O2S/c1-10-15(11(2)19-18-10)24(22,23)20-13-7-17-21(9-13)8-12-5-3-4-6-14(12)16/h3-7,9,20H,8H2,1-2H3,(H,18,19). The van der Waals surface area contributed by atoms with Gasteiger partial charge in [0.15, 0.2) is 0 Å². The van der Waals surface area contributed by atoms with Crippen molar-refractivity contribution in [3.8, 4) is 0 Å². The van der Waals surface area contributed by atoms with Crippen LogP contribution in [0.15, 0.2) is 41.6 Å². The summed E-state index contributed by atoms with van der Waals surface area (Å²) in [6.45, 7) is 3.45. The Morgan fingerprint density at radius 2 is 2.04 bits per heavy atom. The Kier molecular flexibility index (Phi) is 4.10. The molecule has 0 unspecified atom stereocenters. The lowest BCUT2D eigenvalue weighted by atomic mass is 10.2. The Hall–Kier alpha value is -2.68. The van der Waals surface area contributed by atoms with E-state index in [1.165, 1.54) is 23.1 Å². The van der Waals surface area contributed by atoms with Crippen LogP contribution >= 0.6 is 0 Å². The SMILES string of the molecule is Cc1n[nH]c(C)c1S(=O)(=O)Nc1cnn(Cc2ccccc2F)c1. The highest BCUT2D eigenvalue weighted by Gasteiger charge is 2.22. The first-order chi connectivity index (χ1) is 11.4. The molecule has 0 radical (unpaired) electrons. The summed E-state index contributed by atoms with van der Waals surface area (Å²) >= 11 is 0.